The highest BCUT2D eigenvalue weighted by Gasteiger charge is 2.24. The van der Waals surface area contributed by atoms with Crippen LogP contribution in [0.2, 0.25) is 0 Å². The minimum atomic E-state index is -0.245. The van der Waals surface area contributed by atoms with Crippen LogP contribution in [0.3, 0.4) is 0 Å². The number of fused-ring (bicyclic) bond motifs is 1. The summed E-state index contributed by atoms with van der Waals surface area (Å²) in [5.41, 5.74) is 0.659. The van der Waals surface area contributed by atoms with Crippen LogP contribution in [0.15, 0.2) is 18.2 Å². The van der Waals surface area contributed by atoms with Crippen LogP contribution in [0.5, 0.6) is 11.5 Å². The highest BCUT2D eigenvalue weighted by molar-refractivity contribution is 5.90. The Morgan fingerprint density at radius 3 is 2.64 bits per heavy atom. The van der Waals surface area contributed by atoms with Gasteiger partial charge in [-0.2, -0.15) is 0 Å². The predicted octanol–water partition coefficient (Wildman–Crippen LogP) is 2.57. The van der Waals surface area contributed by atoms with E-state index in [1.54, 1.807) is 18.2 Å². The van der Waals surface area contributed by atoms with Gasteiger partial charge in [0.05, 0.1) is 0 Å². The minimum Gasteiger partial charge on any atom is -0.454 e. The summed E-state index contributed by atoms with van der Waals surface area (Å²) in [6.45, 7) is 5.69. The molecular formula is C18H25N3O4. The number of rotatable bonds is 4. The molecule has 1 aromatic carbocycles. The molecule has 136 valence electrons. The van der Waals surface area contributed by atoms with Crippen molar-refractivity contribution in [1.29, 1.82) is 0 Å². The summed E-state index contributed by atoms with van der Waals surface area (Å²) in [4.78, 5) is 26.1. The van der Waals surface area contributed by atoms with Gasteiger partial charge in [0.25, 0.3) is 0 Å². The van der Waals surface area contributed by atoms with Crippen molar-refractivity contribution in [2.75, 3.05) is 25.2 Å². The molecule has 2 aliphatic heterocycles. The van der Waals surface area contributed by atoms with Crippen LogP contribution in [-0.2, 0) is 4.79 Å². The normalized spacial score (nSPS) is 16.8. The largest absolute Gasteiger partial charge is 0.454 e. The third kappa shape index (κ3) is 4.55. The van der Waals surface area contributed by atoms with Crippen molar-refractivity contribution in [2.24, 2.45) is 5.92 Å². The summed E-state index contributed by atoms with van der Waals surface area (Å²) in [7, 11) is 0. The number of amides is 3. The van der Waals surface area contributed by atoms with Gasteiger partial charge in [0, 0.05) is 37.3 Å². The molecular weight excluding hydrogens is 322 g/mol. The number of likely N-dealkylation sites (tertiary alicyclic amines) is 1. The third-order valence-electron chi connectivity index (χ3n) is 4.40. The lowest BCUT2D eigenvalue weighted by Crippen LogP contribution is -2.47. The Morgan fingerprint density at radius 1 is 1.20 bits per heavy atom. The molecule has 0 atom stereocenters. The second kappa shape index (κ2) is 7.63. The standard InChI is InChI=1S/C18H25N3O4/c1-12(2)9-17(22)21-7-5-13(6-8-21)19-18(23)20-14-3-4-15-16(10-14)25-11-24-15/h3-4,10,12-13H,5-9,11H2,1-2H3,(H2,19,20,23). The molecule has 3 amide bonds. The van der Waals surface area contributed by atoms with Crippen LogP contribution in [0.1, 0.15) is 33.1 Å². The lowest BCUT2D eigenvalue weighted by Gasteiger charge is -2.32. The van der Waals surface area contributed by atoms with Crippen LogP contribution in [0, 0.1) is 5.92 Å². The first-order valence-electron chi connectivity index (χ1n) is 8.76. The Bertz CT molecular complexity index is 639. The van der Waals surface area contributed by atoms with Crippen molar-refractivity contribution >= 4 is 17.6 Å². The third-order valence-corrected chi connectivity index (χ3v) is 4.40. The predicted molar refractivity (Wildman–Crippen MR) is 93.8 cm³/mol. The molecule has 0 spiro atoms. The number of nitrogens with one attached hydrogen (secondary N) is 2. The van der Waals surface area contributed by atoms with Gasteiger partial charge in [-0.15, -0.1) is 0 Å². The van der Waals surface area contributed by atoms with Crippen molar-refractivity contribution in [3.05, 3.63) is 18.2 Å². The van der Waals surface area contributed by atoms with Gasteiger partial charge in [0.15, 0.2) is 11.5 Å². The SMILES string of the molecule is CC(C)CC(=O)N1CCC(NC(=O)Nc2ccc3c(c2)OCO3)CC1. The topological polar surface area (TPSA) is 79.9 Å². The fourth-order valence-corrected chi connectivity index (χ4v) is 3.08. The summed E-state index contributed by atoms with van der Waals surface area (Å²) < 4.78 is 10.6. The maximum Gasteiger partial charge on any atom is 0.319 e. The van der Waals surface area contributed by atoms with Crippen LogP contribution < -0.4 is 20.1 Å². The molecule has 0 radical (unpaired) electrons. The van der Waals surface area contributed by atoms with E-state index in [1.807, 2.05) is 18.7 Å². The quantitative estimate of drug-likeness (QED) is 0.877. The molecule has 0 aromatic heterocycles. The van der Waals surface area contributed by atoms with Gasteiger partial charge in [0.2, 0.25) is 12.7 Å². The van der Waals surface area contributed by atoms with Gasteiger partial charge in [-0.3, -0.25) is 4.79 Å². The van der Waals surface area contributed by atoms with E-state index < -0.39 is 0 Å². The maximum atomic E-state index is 12.2. The number of carbonyl (C=O) groups is 2. The molecule has 0 unspecified atom stereocenters. The van der Waals surface area contributed by atoms with Gasteiger partial charge in [0.1, 0.15) is 0 Å². The smallest absolute Gasteiger partial charge is 0.319 e. The fraction of sp³-hybridized carbons (Fsp3) is 0.556. The highest BCUT2D eigenvalue weighted by atomic mass is 16.7. The molecule has 0 bridgehead atoms. The van der Waals surface area contributed by atoms with Crippen LogP contribution >= 0.6 is 0 Å². The van der Waals surface area contributed by atoms with E-state index in [0.29, 0.717) is 42.6 Å². The van der Waals surface area contributed by atoms with E-state index in [1.165, 1.54) is 0 Å². The zero-order valence-corrected chi connectivity index (χ0v) is 14.7. The zero-order chi connectivity index (χ0) is 17.8. The molecule has 2 aliphatic rings. The minimum absolute atomic E-state index is 0.0807. The number of piperidine rings is 1. The molecule has 1 aromatic rings. The second-order valence-corrected chi connectivity index (χ2v) is 6.92. The van der Waals surface area contributed by atoms with Crippen LogP contribution in [-0.4, -0.2) is 42.8 Å². The average Bonchev–Trinajstić information content (AvgIpc) is 3.02. The second-order valence-electron chi connectivity index (χ2n) is 6.92. The summed E-state index contributed by atoms with van der Waals surface area (Å²) in [5, 5.41) is 5.79. The van der Waals surface area contributed by atoms with E-state index in [4.69, 9.17) is 9.47 Å². The number of urea groups is 1. The number of hydrogen-bond acceptors (Lipinski definition) is 4. The van der Waals surface area contributed by atoms with Gasteiger partial charge in [-0.1, -0.05) is 13.8 Å². The van der Waals surface area contributed by atoms with E-state index in [9.17, 15) is 9.59 Å². The highest BCUT2D eigenvalue weighted by Crippen LogP contribution is 2.34. The maximum absolute atomic E-state index is 12.2. The molecule has 0 saturated carbocycles. The lowest BCUT2D eigenvalue weighted by molar-refractivity contribution is -0.133. The average molecular weight is 347 g/mol. The molecule has 2 heterocycles. The molecule has 2 N–H and O–H groups in total. The first-order valence-corrected chi connectivity index (χ1v) is 8.76. The molecule has 1 saturated heterocycles. The number of hydrogen-bond donors (Lipinski definition) is 2. The monoisotopic (exact) mass is 347 g/mol. The lowest BCUT2D eigenvalue weighted by atomic mass is 10.0. The first-order chi connectivity index (χ1) is 12.0. The summed E-state index contributed by atoms with van der Waals surface area (Å²) in [6, 6.07) is 5.13. The van der Waals surface area contributed by atoms with Gasteiger partial charge in [-0.25, -0.2) is 4.79 Å². The Hall–Kier alpha value is -2.44. The van der Waals surface area contributed by atoms with Crippen molar-refractivity contribution in [1.82, 2.24) is 10.2 Å². The number of carbonyl (C=O) groups excluding carboxylic acids is 2. The summed E-state index contributed by atoms with van der Waals surface area (Å²) >= 11 is 0. The number of benzene rings is 1. The molecule has 0 aliphatic carbocycles. The Labute approximate surface area is 147 Å². The van der Waals surface area contributed by atoms with Crippen LogP contribution in [0.25, 0.3) is 0 Å². The fourth-order valence-electron chi connectivity index (χ4n) is 3.08. The van der Waals surface area contributed by atoms with Crippen molar-refractivity contribution in [3.63, 3.8) is 0 Å². The van der Waals surface area contributed by atoms with E-state index >= 15 is 0 Å². The Kier molecular flexibility index (Phi) is 5.31. The summed E-state index contributed by atoms with van der Waals surface area (Å²) in [6.07, 6.45) is 2.14. The van der Waals surface area contributed by atoms with Gasteiger partial charge < -0.3 is 25.0 Å². The first kappa shape index (κ1) is 17.4. The molecule has 7 heteroatoms. The van der Waals surface area contributed by atoms with Crippen molar-refractivity contribution < 1.29 is 19.1 Å². The Balaban J connectivity index is 1.44. The molecule has 3 rings (SSSR count). The van der Waals surface area contributed by atoms with E-state index in [-0.39, 0.29) is 24.8 Å². The number of nitrogens with zero attached hydrogens (tertiary/aromatic N) is 1. The van der Waals surface area contributed by atoms with Gasteiger partial charge in [-0.05, 0) is 30.9 Å². The molecule has 25 heavy (non-hydrogen) atoms. The zero-order valence-electron chi connectivity index (χ0n) is 14.7. The van der Waals surface area contributed by atoms with E-state index in [0.717, 1.165) is 12.8 Å². The Morgan fingerprint density at radius 2 is 1.92 bits per heavy atom. The summed E-state index contributed by atoms with van der Waals surface area (Å²) in [5.74, 6) is 1.90. The van der Waals surface area contributed by atoms with Crippen LogP contribution in [0.4, 0.5) is 10.5 Å². The van der Waals surface area contributed by atoms with Gasteiger partial charge >= 0.3 is 6.03 Å². The van der Waals surface area contributed by atoms with E-state index in [2.05, 4.69) is 10.6 Å². The number of ether oxygens (including phenoxy) is 2. The van der Waals surface area contributed by atoms with Crippen molar-refractivity contribution in [2.45, 2.75) is 39.2 Å². The molecule has 7 nitrogen and oxygen atoms in total. The molecule has 1 fully saturated rings. The number of anilines is 1. The van der Waals surface area contributed by atoms with Crippen molar-refractivity contribution in [3.8, 4) is 11.5 Å².